The highest BCUT2D eigenvalue weighted by atomic mass is 16.5. The summed E-state index contributed by atoms with van der Waals surface area (Å²) in [5, 5.41) is 13.0. The Balaban J connectivity index is 1.71. The van der Waals surface area contributed by atoms with E-state index in [9.17, 15) is 0 Å². The Morgan fingerprint density at radius 3 is 2.83 bits per heavy atom. The molecule has 0 saturated carbocycles. The van der Waals surface area contributed by atoms with Crippen molar-refractivity contribution in [1.29, 1.82) is 0 Å². The highest BCUT2D eigenvalue weighted by molar-refractivity contribution is 5.68. The molecule has 0 aromatic carbocycles. The van der Waals surface area contributed by atoms with Crippen LogP contribution < -0.4 is 4.90 Å². The largest absolute Gasteiger partial charge is 0.381 e. The van der Waals surface area contributed by atoms with Gasteiger partial charge in [0.25, 0.3) is 0 Å². The molecule has 2 aliphatic heterocycles. The van der Waals surface area contributed by atoms with Crippen molar-refractivity contribution in [2.75, 3.05) is 31.2 Å². The summed E-state index contributed by atoms with van der Waals surface area (Å²) in [6.45, 7) is 8.35. The van der Waals surface area contributed by atoms with Crippen LogP contribution >= 0.6 is 0 Å². The standard InChI is InChI=1S/C17H25N5O/c1-13(2)14-10-15(16-19-18-12-22(16)20-14)21-7-3-4-17(11-21)5-8-23-9-6-17/h10,12-13H,3-9,11H2,1-2H3. The van der Waals surface area contributed by atoms with E-state index in [1.807, 2.05) is 4.52 Å². The summed E-state index contributed by atoms with van der Waals surface area (Å²) >= 11 is 0. The number of aromatic nitrogens is 4. The lowest BCUT2D eigenvalue weighted by atomic mass is 9.74. The van der Waals surface area contributed by atoms with Crippen molar-refractivity contribution < 1.29 is 4.74 Å². The number of nitrogens with zero attached hydrogens (tertiary/aromatic N) is 5. The van der Waals surface area contributed by atoms with Crippen LogP contribution in [0.1, 0.15) is 51.1 Å². The molecule has 2 saturated heterocycles. The van der Waals surface area contributed by atoms with Gasteiger partial charge in [-0.25, -0.2) is 0 Å². The van der Waals surface area contributed by atoms with Gasteiger partial charge in [-0.05, 0) is 43.1 Å². The molecule has 0 atom stereocenters. The van der Waals surface area contributed by atoms with Gasteiger partial charge in [-0.2, -0.15) is 9.61 Å². The van der Waals surface area contributed by atoms with Crippen molar-refractivity contribution in [1.82, 2.24) is 19.8 Å². The molecule has 0 bridgehead atoms. The van der Waals surface area contributed by atoms with E-state index in [1.165, 1.54) is 31.4 Å². The minimum Gasteiger partial charge on any atom is -0.381 e. The molecule has 2 aromatic heterocycles. The third-order valence-corrected chi connectivity index (χ3v) is 5.41. The van der Waals surface area contributed by atoms with Crippen molar-refractivity contribution in [3.05, 3.63) is 18.1 Å². The van der Waals surface area contributed by atoms with E-state index in [0.717, 1.165) is 37.6 Å². The third kappa shape index (κ3) is 2.69. The maximum Gasteiger partial charge on any atom is 0.200 e. The van der Waals surface area contributed by atoms with Crippen LogP contribution in [0.2, 0.25) is 0 Å². The van der Waals surface area contributed by atoms with Crippen LogP contribution in [0, 0.1) is 5.41 Å². The van der Waals surface area contributed by atoms with Gasteiger partial charge in [0.1, 0.15) is 6.33 Å². The summed E-state index contributed by atoms with van der Waals surface area (Å²) in [4.78, 5) is 2.51. The molecule has 2 aromatic rings. The molecule has 6 heteroatoms. The molecule has 23 heavy (non-hydrogen) atoms. The first kappa shape index (κ1) is 14.9. The lowest BCUT2D eigenvalue weighted by molar-refractivity contribution is 0.00759. The maximum atomic E-state index is 5.59. The molecular weight excluding hydrogens is 290 g/mol. The highest BCUT2D eigenvalue weighted by Gasteiger charge is 2.37. The van der Waals surface area contributed by atoms with Gasteiger partial charge in [-0.3, -0.25) is 0 Å². The molecule has 0 amide bonds. The van der Waals surface area contributed by atoms with Crippen molar-refractivity contribution in [3.8, 4) is 0 Å². The number of hydrogen-bond acceptors (Lipinski definition) is 5. The van der Waals surface area contributed by atoms with Gasteiger partial charge in [-0.15, -0.1) is 10.2 Å². The maximum absolute atomic E-state index is 5.59. The lowest BCUT2D eigenvalue weighted by Crippen LogP contribution is -2.46. The number of piperidine rings is 1. The number of ether oxygens (including phenoxy) is 1. The first-order valence-electron chi connectivity index (χ1n) is 8.71. The molecule has 0 N–H and O–H groups in total. The summed E-state index contributed by atoms with van der Waals surface area (Å²) in [6.07, 6.45) is 6.61. The van der Waals surface area contributed by atoms with Crippen LogP contribution in [0.25, 0.3) is 5.65 Å². The number of rotatable bonds is 2. The Morgan fingerprint density at radius 1 is 1.22 bits per heavy atom. The van der Waals surface area contributed by atoms with Crippen molar-refractivity contribution in [3.63, 3.8) is 0 Å². The third-order valence-electron chi connectivity index (χ3n) is 5.41. The molecule has 4 rings (SSSR count). The number of fused-ring (bicyclic) bond motifs is 1. The fraction of sp³-hybridized carbons (Fsp3) is 0.706. The predicted molar refractivity (Wildman–Crippen MR) is 88.8 cm³/mol. The summed E-state index contributed by atoms with van der Waals surface area (Å²) in [5.41, 5.74) is 3.57. The van der Waals surface area contributed by atoms with E-state index in [1.54, 1.807) is 6.33 Å². The summed E-state index contributed by atoms with van der Waals surface area (Å²) in [5.74, 6) is 0.391. The molecule has 2 fully saturated rings. The van der Waals surface area contributed by atoms with Crippen LogP contribution in [-0.2, 0) is 4.74 Å². The van der Waals surface area contributed by atoms with Gasteiger partial charge in [0, 0.05) is 26.3 Å². The van der Waals surface area contributed by atoms with Gasteiger partial charge < -0.3 is 9.64 Å². The second kappa shape index (κ2) is 5.74. The zero-order valence-electron chi connectivity index (χ0n) is 14.0. The molecule has 0 radical (unpaired) electrons. The van der Waals surface area contributed by atoms with Gasteiger partial charge in [0.05, 0.1) is 11.4 Å². The minimum atomic E-state index is 0.391. The summed E-state index contributed by atoms with van der Waals surface area (Å²) in [7, 11) is 0. The van der Waals surface area contributed by atoms with E-state index in [0.29, 0.717) is 11.3 Å². The molecule has 0 unspecified atom stereocenters. The van der Waals surface area contributed by atoms with Gasteiger partial charge in [0.2, 0.25) is 5.65 Å². The van der Waals surface area contributed by atoms with Crippen LogP contribution in [0.5, 0.6) is 0 Å². The molecule has 6 nitrogen and oxygen atoms in total. The molecule has 0 aliphatic carbocycles. The predicted octanol–water partition coefficient (Wildman–Crippen LogP) is 2.64. The first-order valence-corrected chi connectivity index (χ1v) is 8.71. The van der Waals surface area contributed by atoms with E-state index >= 15 is 0 Å². The fourth-order valence-electron chi connectivity index (χ4n) is 3.97. The quantitative estimate of drug-likeness (QED) is 0.853. The van der Waals surface area contributed by atoms with Gasteiger partial charge in [0.15, 0.2) is 0 Å². The number of anilines is 1. The van der Waals surface area contributed by atoms with Crippen LogP contribution in [0.15, 0.2) is 12.4 Å². The Labute approximate surface area is 136 Å². The zero-order chi connectivity index (χ0) is 15.9. The Hall–Kier alpha value is -1.69. The average Bonchev–Trinajstić information content (AvgIpc) is 3.03. The Kier molecular flexibility index (Phi) is 3.71. The summed E-state index contributed by atoms with van der Waals surface area (Å²) in [6, 6.07) is 2.22. The molecule has 124 valence electrons. The van der Waals surface area contributed by atoms with E-state index in [-0.39, 0.29) is 0 Å². The lowest BCUT2D eigenvalue weighted by Gasteiger charge is -2.46. The number of hydrogen-bond donors (Lipinski definition) is 0. The SMILES string of the molecule is CC(C)c1cc(N2CCCC3(CCOCC3)C2)c2nncn2n1. The second-order valence-corrected chi connectivity index (χ2v) is 7.35. The van der Waals surface area contributed by atoms with E-state index in [4.69, 9.17) is 4.74 Å². The normalized spacial score (nSPS) is 21.4. The van der Waals surface area contributed by atoms with E-state index in [2.05, 4.69) is 40.1 Å². The van der Waals surface area contributed by atoms with Crippen LogP contribution in [0.4, 0.5) is 5.69 Å². The van der Waals surface area contributed by atoms with Crippen LogP contribution in [0.3, 0.4) is 0 Å². The Morgan fingerprint density at radius 2 is 2.04 bits per heavy atom. The second-order valence-electron chi connectivity index (χ2n) is 7.35. The Bertz CT molecular complexity index is 684. The smallest absolute Gasteiger partial charge is 0.200 e. The molecular formula is C17H25N5O. The summed E-state index contributed by atoms with van der Waals surface area (Å²) < 4.78 is 7.42. The topological polar surface area (TPSA) is 55.5 Å². The highest BCUT2D eigenvalue weighted by Crippen LogP contribution is 2.41. The van der Waals surface area contributed by atoms with E-state index < -0.39 is 0 Å². The zero-order valence-corrected chi connectivity index (χ0v) is 14.0. The first-order chi connectivity index (χ1) is 11.2. The molecule has 1 spiro atoms. The fourth-order valence-corrected chi connectivity index (χ4v) is 3.97. The van der Waals surface area contributed by atoms with Gasteiger partial charge in [-0.1, -0.05) is 13.8 Å². The van der Waals surface area contributed by atoms with Crippen molar-refractivity contribution in [2.45, 2.75) is 45.4 Å². The minimum absolute atomic E-state index is 0.391. The average molecular weight is 315 g/mol. The molecule has 4 heterocycles. The van der Waals surface area contributed by atoms with Gasteiger partial charge >= 0.3 is 0 Å². The molecule has 2 aliphatic rings. The van der Waals surface area contributed by atoms with Crippen molar-refractivity contribution in [2.24, 2.45) is 5.41 Å². The monoisotopic (exact) mass is 315 g/mol. The van der Waals surface area contributed by atoms with Crippen molar-refractivity contribution >= 4 is 11.3 Å². The van der Waals surface area contributed by atoms with Crippen LogP contribution in [-0.4, -0.2) is 46.1 Å².